The highest BCUT2D eigenvalue weighted by Gasteiger charge is 2.15. The van der Waals surface area contributed by atoms with E-state index < -0.39 is 18.3 Å². The Hall–Kier alpha value is -3.15. The van der Waals surface area contributed by atoms with Gasteiger partial charge in [0.05, 0.1) is 18.4 Å². The largest absolute Gasteiger partial charge is 0.469 e. The lowest BCUT2D eigenvalue weighted by Crippen LogP contribution is -2.27. The summed E-state index contributed by atoms with van der Waals surface area (Å²) in [6, 6.07) is 16.5. The highest BCUT2D eigenvalue weighted by Crippen LogP contribution is 2.15. The molecule has 2 rings (SSSR count). The van der Waals surface area contributed by atoms with Gasteiger partial charge in [-0.2, -0.15) is 0 Å². The van der Waals surface area contributed by atoms with Crippen molar-refractivity contribution in [1.29, 1.82) is 0 Å². The summed E-state index contributed by atoms with van der Waals surface area (Å²) in [5.74, 6) is -1.46. The predicted octanol–water partition coefficient (Wildman–Crippen LogP) is 2.16. The molecule has 0 bridgehead atoms. The Morgan fingerprint density at radius 3 is 2.36 bits per heavy atom. The summed E-state index contributed by atoms with van der Waals surface area (Å²) >= 11 is 0. The minimum atomic E-state index is -0.637. The first-order valence-electron chi connectivity index (χ1n) is 7.88. The lowest BCUT2D eigenvalue weighted by molar-refractivity contribution is -0.142. The molecule has 0 aliphatic rings. The third-order valence-electron chi connectivity index (χ3n) is 3.52. The lowest BCUT2D eigenvalue weighted by atomic mass is 10.1. The number of hydrogen-bond acceptors (Lipinski definition) is 4. The van der Waals surface area contributed by atoms with Gasteiger partial charge in [0.1, 0.15) is 6.42 Å². The molecule has 130 valence electrons. The summed E-state index contributed by atoms with van der Waals surface area (Å²) in [6.45, 7) is 0.479. The predicted molar refractivity (Wildman–Crippen MR) is 94.2 cm³/mol. The first-order valence-corrected chi connectivity index (χ1v) is 7.88. The van der Waals surface area contributed by atoms with E-state index in [0.29, 0.717) is 24.2 Å². The van der Waals surface area contributed by atoms with Gasteiger partial charge in [-0.15, -0.1) is 0 Å². The van der Waals surface area contributed by atoms with Gasteiger partial charge >= 0.3 is 5.97 Å². The number of benzene rings is 2. The van der Waals surface area contributed by atoms with Gasteiger partial charge in [-0.3, -0.25) is 14.4 Å². The van der Waals surface area contributed by atoms with Crippen molar-refractivity contribution < 1.29 is 19.1 Å². The maximum atomic E-state index is 12.4. The molecule has 0 atom stereocenters. The summed E-state index contributed by atoms with van der Waals surface area (Å²) in [6.07, 6.45) is 0.309. The van der Waals surface area contributed by atoms with E-state index in [-0.39, 0.29) is 5.91 Å². The van der Waals surface area contributed by atoms with Crippen molar-refractivity contribution in [3.63, 3.8) is 0 Å². The van der Waals surface area contributed by atoms with Gasteiger partial charge < -0.3 is 15.4 Å². The van der Waals surface area contributed by atoms with Gasteiger partial charge in [-0.05, 0) is 24.1 Å². The van der Waals surface area contributed by atoms with Crippen LogP contribution in [0.15, 0.2) is 54.6 Å². The SMILES string of the molecule is COC(=O)CC(=O)Nc1ccccc1C(=O)NCCc1ccccc1. The smallest absolute Gasteiger partial charge is 0.315 e. The summed E-state index contributed by atoms with van der Waals surface area (Å²) < 4.78 is 4.45. The number of methoxy groups -OCH3 is 1. The van der Waals surface area contributed by atoms with Gasteiger partial charge in [0, 0.05) is 6.54 Å². The molecule has 0 aliphatic carbocycles. The summed E-state index contributed by atoms with van der Waals surface area (Å²) in [7, 11) is 1.21. The van der Waals surface area contributed by atoms with Crippen molar-refractivity contribution in [2.75, 3.05) is 19.0 Å². The fourth-order valence-electron chi connectivity index (χ4n) is 2.25. The van der Waals surface area contributed by atoms with Crippen LogP contribution in [0.5, 0.6) is 0 Å². The fraction of sp³-hybridized carbons (Fsp3) is 0.211. The molecule has 0 aromatic heterocycles. The van der Waals surface area contributed by atoms with E-state index >= 15 is 0 Å². The van der Waals surface area contributed by atoms with Gasteiger partial charge in [-0.1, -0.05) is 42.5 Å². The van der Waals surface area contributed by atoms with Crippen molar-refractivity contribution in [3.8, 4) is 0 Å². The molecule has 25 heavy (non-hydrogen) atoms. The molecule has 6 nitrogen and oxygen atoms in total. The number of carbonyl (C=O) groups excluding carboxylic acids is 3. The van der Waals surface area contributed by atoms with Crippen LogP contribution in [0.2, 0.25) is 0 Å². The fourth-order valence-corrected chi connectivity index (χ4v) is 2.25. The number of ether oxygens (including phenoxy) is 1. The molecule has 2 amide bonds. The molecule has 0 heterocycles. The van der Waals surface area contributed by atoms with E-state index in [1.165, 1.54) is 7.11 Å². The van der Waals surface area contributed by atoms with Crippen molar-refractivity contribution in [1.82, 2.24) is 5.32 Å². The Bertz CT molecular complexity index is 744. The molecule has 0 saturated heterocycles. The van der Waals surface area contributed by atoms with Crippen LogP contribution >= 0.6 is 0 Å². The Labute approximate surface area is 146 Å². The van der Waals surface area contributed by atoms with Crippen LogP contribution in [-0.2, 0) is 20.7 Å². The Morgan fingerprint density at radius 1 is 0.960 bits per heavy atom. The standard InChI is InChI=1S/C19H20N2O4/c1-25-18(23)13-17(22)21-16-10-6-5-9-15(16)19(24)20-12-11-14-7-3-2-4-8-14/h2-10H,11-13H2,1H3,(H,20,24)(H,21,22). The maximum absolute atomic E-state index is 12.4. The highest BCUT2D eigenvalue weighted by atomic mass is 16.5. The number of para-hydroxylation sites is 1. The van der Waals surface area contributed by atoms with Crippen LogP contribution in [0.1, 0.15) is 22.3 Å². The van der Waals surface area contributed by atoms with Crippen LogP contribution in [-0.4, -0.2) is 31.4 Å². The van der Waals surface area contributed by atoms with E-state index in [1.54, 1.807) is 24.3 Å². The van der Waals surface area contributed by atoms with Crippen LogP contribution in [0.4, 0.5) is 5.69 Å². The lowest BCUT2D eigenvalue weighted by Gasteiger charge is -2.11. The van der Waals surface area contributed by atoms with E-state index in [4.69, 9.17) is 0 Å². The van der Waals surface area contributed by atoms with Gasteiger partial charge in [0.2, 0.25) is 5.91 Å². The average Bonchev–Trinajstić information content (AvgIpc) is 2.62. The van der Waals surface area contributed by atoms with Gasteiger partial charge in [-0.25, -0.2) is 0 Å². The Balaban J connectivity index is 1.95. The molecule has 2 aromatic carbocycles. The molecule has 2 N–H and O–H groups in total. The van der Waals surface area contributed by atoms with Gasteiger partial charge in [0.15, 0.2) is 0 Å². The summed E-state index contributed by atoms with van der Waals surface area (Å²) in [4.78, 5) is 35.3. The Morgan fingerprint density at radius 2 is 1.64 bits per heavy atom. The normalized spacial score (nSPS) is 9.96. The molecular formula is C19H20N2O4. The van der Waals surface area contributed by atoms with Crippen molar-refractivity contribution in [2.45, 2.75) is 12.8 Å². The highest BCUT2D eigenvalue weighted by molar-refractivity contribution is 6.07. The third kappa shape index (κ3) is 5.76. The summed E-state index contributed by atoms with van der Waals surface area (Å²) in [5.41, 5.74) is 1.82. The second kappa shape index (κ2) is 9.22. The molecule has 0 aliphatic heterocycles. The molecule has 0 fully saturated rings. The monoisotopic (exact) mass is 340 g/mol. The molecule has 0 unspecified atom stereocenters. The van der Waals surface area contributed by atoms with E-state index in [0.717, 1.165) is 5.56 Å². The van der Waals surface area contributed by atoms with Crippen molar-refractivity contribution >= 4 is 23.5 Å². The topological polar surface area (TPSA) is 84.5 Å². The second-order valence-electron chi connectivity index (χ2n) is 5.34. The number of anilines is 1. The zero-order chi connectivity index (χ0) is 18.1. The van der Waals surface area contributed by atoms with E-state index in [2.05, 4.69) is 15.4 Å². The first-order chi connectivity index (χ1) is 12.1. The second-order valence-corrected chi connectivity index (χ2v) is 5.34. The molecular weight excluding hydrogens is 320 g/mol. The molecule has 0 radical (unpaired) electrons. The molecule has 6 heteroatoms. The van der Waals surface area contributed by atoms with Crippen LogP contribution < -0.4 is 10.6 Å². The minimum absolute atomic E-state index is 0.287. The number of amides is 2. The average molecular weight is 340 g/mol. The number of hydrogen-bond donors (Lipinski definition) is 2. The van der Waals surface area contributed by atoms with E-state index in [1.807, 2.05) is 30.3 Å². The van der Waals surface area contributed by atoms with Crippen LogP contribution in [0.25, 0.3) is 0 Å². The molecule has 0 spiro atoms. The maximum Gasteiger partial charge on any atom is 0.315 e. The molecule has 0 saturated carbocycles. The number of nitrogens with one attached hydrogen (secondary N) is 2. The van der Waals surface area contributed by atoms with Crippen LogP contribution in [0.3, 0.4) is 0 Å². The van der Waals surface area contributed by atoms with Crippen molar-refractivity contribution in [2.24, 2.45) is 0 Å². The number of rotatable bonds is 7. The van der Waals surface area contributed by atoms with E-state index in [9.17, 15) is 14.4 Å². The zero-order valence-electron chi connectivity index (χ0n) is 14.0. The van der Waals surface area contributed by atoms with Crippen LogP contribution in [0, 0.1) is 0 Å². The minimum Gasteiger partial charge on any atom is -0.469 e. The van der Waals surface area contributed by atoms with Crippen molar-refractivity contribution in [3.05, 3.63) is 65.7 Å². The number of esters is 1. The third-order valence-corrected chi connectivity index (χ3v) is 3.52. The van der Waals surface area contributed by atoms with Gasteiger partial charge in [0.25, 0.3) is 5.91 Å². The summed E-state index contributed by atoms with van der Waals surface area (Å²) in [5, 5.41) is 5.40. The zero-order valence-corrected chi connectivity index (χ0v) is 14.0. The number of carbonyl (C=O) groups is 3. The first kappa shape index (κ1) is 18.2. The molecule has 2 aromatic rings. The quantitative estimate of drug-likeness (QED) is 0.597. The Kier molecular flexibility index (Phi) is 6.71.